The van der Waals surface area contributed by atoms with Crippen molar-refractivity contribution in [1.82, 2.24) is 15.4 Å². The van der Waals surface area contributed by atoms with E-state index in [2.05, 4.69) is 25.8 Å². The van der Waals surface area contributed by atoms with E-state index in [9.17, 15) is 12.8 Å². The molecular weight excluding hydrogens is 349 g/mol. The molecule has 1 unspecified atom stereocenters. The van der Waals surface area contributed by atoms with E-state index in [0.29, 0.717) is 11.1 Å². The Balaban J connectivity index is 0.00000338. The van der Waals surface area contributed by atoms with Gasteiger partial charge in [0.15, 0.2) is 5.84 Å². The first kappa shape index (κ1) is 18.5. The fourth-order valence-corrected chi connectivity index (χ4v) is 2.98. The summed E-state index contributed by atoms with van der Waals surface area (Å²) in [7, 11) is -3.31. The van der Waals surface area contributed by atoms with Crippen LogP contribution >= 0.6 is 0 Å². The zero-order valence-electron chi connectivity index (χ0n) is 13.3. The Bertz CT molecular complexity index is 849. The number of rotatable bonds is 6. The van der Waals surface area contributed by atoms with Gasteiger partial charge >= 0.3 is 0 Å². The van der Waals surface area contributed by atoms with Crippen LogP contribution in [0.4, 0.5) is 10.3 Å². The molecule has 0 amide bonds. The van der Waals surface area contributed by atoms with Gasteiger partial charge in [0.1, 0.15) is 15.7 Å². The number of nitrogens with one attached hydrogen (secondary N) is 2. The molecule has 0 saturated carbocycles. The molecule has 0 bridgehead atoms. The Kier molecular flexibility index (Phi) is 5.83. The maximum Gasteiger partial charge on any atom is 0.223 e. The lowest BCUT2D eigenvalue weighted by atomic mass is 10.1. The van der Waals surface area contributed by atoms with Crippen LogP contribution in [0.25, 0.3) is 0 Å². The van der Waals surface area contributed by atoms with Gasteiger partial charge in [0.05, 0.1) is 17.4 Å². The molecule has 25 heavy (non-hydrogen) atoms. The average Bonchev–Trinajstić information content (AvgIpc) is 2.56. The van der Waals surface area contributed by atoms with Gasteiger partial charge in [-0.25, -0.2) is 28.6 Å². The van der Waals surface area contributed by atoms with Gasteiger partial charge in [-0.15, -0.1) is 0 Å². The van der Waals surface area contributed by atoms with E-state index in [-0.39, 0.29) is 20.4 Å². The van der Waals surface area contributed by atoms with Gasteiger partial charge in [-0.3, -0.25) is 0 Å². The van der Waals surface area contributed by atoms with Crippen molar-refractivity contribution in [2.75, 3.05) is 17.3 Å². The third-order valence-corrected chi connectivity index (χ3v) is 4.18. The van der Waals surface area contributed by atoms with E-state index in [0.717, 1.165) is 6.26 Å². The number of hydrogen-bond acceptors (Lipinski definition) is 8. The minimum atomic E-state index is -3.31. The lowest BCUT2D eigenvalue weighted by Gasteiger charge is -2.18. The topological polar surface area (TPSA) is 148 Å². The highest BCUT2D eigenvalue weighted by Gasteiger charge is 2.19. The number of benzene rings is 1. The predicted molar refractivity (Wildman–Crippen MR) is 96.8 cm³/mol. The van der Waals surface area contributed by atoms with E-state index >= 15 is 0 Å². The van der Waals surface area contributed by atoms with Gasteiger partial charge in [-0.05, 0) is 17.7 Å². The van der Waals surface area contributed by atoms with Gasteiger partial charge in [0, 0.05) is 21.5 Å². The molecule has 0 spiro atoms. The molecule has 138 valence electrons. The number of amidine groups is 1. The smallest absolute Gasteiger partial charge is 0.223 e. The van der Waals surface area contributed by atoms with Crippen molar-refractivity contribution < 1.29 is 15.7 Å². The fourth-order valence-electron chi connectivity index (χ4n) is 2.09. The maximum absolute atomic E-state index is 13.1. The van der Waals surface area contributed by atoms with Crippen molar-refractivity contribution in [2.24, 2.45) is 16.8 Å². The second-order valence-corrected chi connectivity index (χ2v) is 7.44. The number of hydrogen-bond donors (Lipinski definition) is 4. The minimum absolute atomic E-state index is 0. The monoisotopic (exact) mass is 371 g/mol. The minimum Gasteiger partial charge on any atom is -0.346 e. The number of sulfone groups is 1. The highest BCUT2D eigenvalue weighted by Crippen LogP contribution is 2.19. The Morgan fingerprint density at radius 3 is 2.40 bits per heavy atom. The van der Waals surface area contributed by atoms with Gasteiger partial charge in [0.25, 0.3) is 0 Å². The molecule has 1 heterocycles. The second-order valence-electron chi connectivity index (χ2n) is 5.26. The molecule has 0 saturated heterocycles. The maximum atomic E-state index is 13.1. The molecule has 2 rings (SSSR count). The second kappa shape index (κ2) is 7.85. The number of nitrogens with two attached hydrogens (primary N) is 2. The summed E-state index contributed by atoms with van der Waals surface area (Å²) in [6.07, 6.45) is 3.96. The molecule has 0 aliphatic carbocycles. The Hall–Kier alpha value is -2.79. The molecule has 1 aromatic carbocycles. The molecule has 1 atom stereocenters. The van der Waals surface area contributed by atoms with Crippen molar-refractivity contribution in [3.05, 3.63) is 53.6 Å². The first-order valence-corrected chi connectivity index (χ1v) is 9.15. The van der Waals surface area contributed by atoms with E-state index in [1.54, 1.807) is 0 Å². The van der Waals surface area contributed by atoms with Crippen LogP contribution in [-0.4, -0.2) is 36.2 Å². The van der Waals surface area contributed by atoms with E-state index in [1.807, 2.05) is 0 Å². The summed E-state index contributed by atoms with van der Waals surface area (Å²) in [5.41, 5.74) is 3.35. The van der Waals surface area contributed by atoms with Gasteiger partial charge < -0.3 is 16.6 Å². The van der Waals surface area contributed by atoms with Crippen molar-refractivity contribution in [3.63, 3.8) is 0 Å². The molecular formula is C14H22FN7O2S. The quantitative estimate of drug-likeness (QED) is 0.247. The standard InChI is InChI=1S/C14H18FN7O2S.2H2/c1-25(23,24)8-12(9-2-4-11(15)5-3-9)20-14-18-6-10(7-19-14)13(21-16)22-17;;/h2-7,12H,8,16-17H2,1H3,(H,21,22)(H,18,19,20);2*1H. The summed E-state index contributed by atoms with van der Waals surface area (Å²) in [5.74, 6) is 10.2. The van der Waals surface area contributed by atoms with Gasteiger partial charge in [-0.2, -0.15) is 5.10 Å². The zero-order chi connectivity index (χ0) is 18.4. The summed E-state index contributed by atoms with van der Waals surface area (Å²) in [6.45, 7) is 0. The first-order chi connectivity index (χ1) is 11.8. The Morgan fingerprint density at radius 1 is 1.32 bits per heavy atom. The number of hydrazine groups is 1. The van der Waals surface area contributed by atoms with Crippen molar-refractivity contribution >= 4 is 21.6 Å². The fraction of sp³-hybridized carbons (Fsp3) is 0.214. The van der Waals surface area contributed by atoms with Crippen molar-refractivity contribution in [3.8, 4) is 0 Å². The van der Waals surface area contributed by atoms with Crippen molar-refractivity contribution in [2.45, 2.75) is 6.04 Å². The molecule has 9 nitrogen and oxygen atoms in total. The Morgan fingerprint density at radius 2 is 1.92 bits per heavy atom. The third kappa shape index (κ3) is 5.36. The van der Waals surface area contributed by atoms with Crippen LogP contribution in [0.1, 0.15) is 20.0 Å². The van der Waals surface area contributed by atoms with Gasteiger partial charge in [0.2, 0.25) is 5.95 Å². The van der Waals surface area contributed by atoms with E-state index in [1.165, 1.54) is 36.7 Å². The number of halogens is 1. The van der Waals surface area contributed by atoms with Crippen LogP contribution in [0.5, 0.6) is 0 Å². The molecule has 11 heteroatoms. The third-order valence-electron chi connectivity index (χ3n) is 3.24. The summed E-state index contributed by atoms with van der Waals surface area (Å²) < 4.78 is 36.5. The van der Waals surface area contributed by atoms with Crippen LogP contribution in [0, 0.1) is 5.82 Å². The predicted octanol–water partition coefficient (Wildman–Crippen LogP) is 0.389. The SMILES string of the molecule is CS(=O)(=O)CC(Nc1ncc(/C(=N/N)NN)cn1)c1ccc(F)cc1.[HH].[HH]. The zero-order valence-corrected chi connectivity index (χ0v) is 14.2. The van der Waals surface area contributed by atoms with Crippen LogP contribution in [0.3, 0.4) is 0 Å². The summed E-state index contributed by atoms with van der Waals surface area (Å²) in [5, 5.41) is 6.36. The lowest BCUT2D eigenvalue weighted by Crippen LogP contribution is -2.32. The van der Waals surface area contributed by atoms with Crippen LogP contribution in [0.2, 0.25) is 0 Å². The number of nitrogens with zero attached hydrogens (tertiary/aromatic N) is 3. The molecule has 0 fully saturated rings. The first-order valence-electron chi connectivity index (χ1n) is 7.09. The highest BCUT2D eigenvalue weighted by atomic mass is 32.2. The molecule has 0 radical (unpaired) electrons. The number of anilines is 1. The van der Waals surface area contributed by atoms with E-state index in [4.69, 9.17) is 11.7 Å². The summed E-state index contributed by atoms with van der Waals surface area (Å²) in [4.78, 5) is 8.17. The van der Waals surface area contributed by atoms with Gasteiger partial charge in [-0.1, -0.05) is 12.1 Å². The molecule has 2 aromatic rings. The molecule has 6 N–H and O–H groups in total. The Labute approximate surface area is 147 Å². The normalized spacial score (nSPS) is 13.3. The van der Waals surface area contributed by atoms with Crippen LogP contribution in [0.15, 0.2) is 41.8 Å². The molecule has 0 aliphatic heterocycles. The van der Waals surface area contributed by atoms with Crippen LogP contribution in [-0.2, 0) is 9.84 Å². The van der Waals surface area contributed by atoms with Crippen LogP contribution < -0.4 is 22.4 Å². The molecule has 0 aliphatic rings. The van der Waals surface area contributed by atoms with E-state index < -0.39 is 21.7 Å². The summed E-state index contributed by atoms with van der Waals surface area (Å²) >= 11 is 0. The number of aromatic nitrogens is 2. The van der Waals surface area contributed by atoms with Crippen molar-refractivity contribution in [1.29, 1.82) is 0 Å². The summed E-state index contributed by atoms with van der Waals surface area (Å²) in [6, 6.07) is 4.88. The largest absolute Gasteiger partial charge is 0.346 e. The lowest BCUT2D eigenvalue weighted by molar-refractivity contribution is 0.596. The highest BCUT2D eigenvalue weighted by molar-refractivity contribution is 7.90. The average molecular weight is 371 g/mol. The number of hydrazone groups is 1. The molecule has 1 aromatic heterocycles.